The van der Waals surface area contributed by atoms with Crippen molar-refractivity contribution in [2.75, 3.05) is 0 Å². The van der Waals surface area contributed by atoms with E-state index in [0.29, 0.717) is 0 Å². The van der Waals surface area contributed by atoms with Crippen LogP contribution in [-0.4, -0.2) is 16.4 Å². The van der Waals surface area contributed by atoms with Crippen LogP contribution in [0.4, 0.5) is 4.79 Å². The van der Waals surface area contributed by atoms with Crippen LogP contribution in [0.15, 0.2) is 48.5 Å². The van der Waals surface area contributed by atoms with Gasteiger partial charge in [0.05, 0.1) is 0 Å². The Morgan fingerprint density at radius 3 is 1.72 bits per heavy atom. The Bertz CT molecular complexity index is 494. The molecule has 0 bridgehead atoms. The number of benzene rings is 2. The number of hydrogen-bond donors (Lipinski definition) is 2. The van der Waals surface area contributed by atoms with Crippen LogP contribution in [-0.2, 0) is 0 Å². The van der Waals surface area contributed by atoms with Crippen LogP contribution < -0.4 is 0 Å². The van der Waals surface area contributed by atoms with Crippen molar-refractivity contribution in [3.05, 3.63) is 59.7 Å². The van der Waals surface area contributed by atoms with E-state index in [-0.39, 0.29) is 0 Å². The van der Waals surface area contributed by atoms with Crippen molar-refractivity contribution in [3.63, 3.8) is 0 Å². The quantitative estimate of drug-likeness (QED) is 0.790. The summed E-state index contributed by atoms with van der Waals surface area (Å²) in [4.78, 5) is 8.56. The minimum atomic E-state index is -1.83. The number of carbonyl (C=O) groups is 1. The summed E-state index contributed by atoms with van der Waals surface area (Å²) in [6, 6.07) is 17.1. The summed E-state index contributed by atoms with van der Waals surface area (Å²) in [7, 11) is 0. The van der Waals surface area contributed by atoms with E-state index in [1.54, 1.807) is 0 Å². The molecule has 3 nitrogen and oxygen atoms in total. The second kappa shape index (κ2) is 6.45. The summed E-state index contributed by atoms with van der Waals surface area (Å²) >= 11 is 0. The Balaban J connectivity index is 0.000000357. The fourth-order valence-corrected chi connectivity index (χ4v) is 1.77. The maximum absolute atomic E-state index is 8.56. The van der Waals surface area contributed by atoms with Gasteiger partial charge in [-0.05, 0) is 25.0 Å². The molecule has 0 radical (unpaired) electrons. The lowest BCUT2D eigenvalue weighted by molar-refractivity contribution is 0.137. The number of hydrogen-bond acceptors (Lipinski definition) is 1. The molecule has 2 N–H and O–H groups in total. The summed E-state index contributed by atoms with van der Waals surface area (Å²) in [5, 5.41) is 13.9. The molecule has 0 spiro atoms. The van der Waals surface area contributed by atoms with Gasteiger partial charge in [-0.3, -0.25) is 0 Å². The monoisotopic (exact) mass is 244 g/mol. The molecule has 0 aliphatic rings. The number of aryl methyl sites for hydroxylation is 2. The predicted molar refractivity (Wildman–Crippen MR) is 72.0 cm³/mol. The van der Waals surface area contributed by atoms with Gasteiger partial charge >= 0.3 is 6.16 Å². The number of carboxylic acid groups (broad SMARTS) is 2. The summed E-state index contributed by atoms with van der Waals surface area (Å²) in [6.07, 6.45) is -1.83. The van der Waals surface area contributed by atoms with Gasteiger partial charge in [0.25, 0.3) is 0 Å². The van der Waals surface area contributed by atoms with Gasteiger partial charge in [0.2, 0.25) is 0 Å². The molecule has 2 aromatic rings. The lowest BCUT2D eigenvalue weighted by Crippen LogP contribution is -1.81. The molecule has 0 saturated carbocycles. The van der Waals surface area contributed by atoms with Gasteiger partial charge in [0.15, 0.2) is 0 Å². The van der Waals surface area contributed by atoms with E-state index < -0.39 is 6.16 Å². The van der Waals surface area contributed by atoms with Gasteiger partial charge in [-0.2, -0.15) is 0 Å². The van der Waals surface area contributed by atoms with Crippen LogP contribution in [0.25, 0.3) is 11.1 Å². The summed E-state index contributed by atoms with van der Waals surface area (Å²) in [5.41, 5.74) is 5.25. The lowest BCUT2D eigenvalue weighted by atomic mass is 10.0. The van der Waals surface area contributed by atoms with Crippen LogP contribution >= 0.6 is 0 Å². The van der Waals surface area contributed by atoms with Gasteiger partial charge in [0.1, 0.15) is 0 Å². The van der Waals surface area contributed by atoms with Gasteiger partial charge in [-0.25, -0.2) is 4.79 Å². The molecule has 3 heteroatoms. The Labute approximate surface area is 106 Å². The Kier molecular flexibility index (Phi) is 4.93. The molecule has 0 aliphatic carbocycles. The highest BCUT2D eigenvalue weighted by Crippen LogP contribution is 2.21. The first-order valence-electron chi connectivity index (χ1n) is 5.54. The van der Waals surface area contributed by atoms with E-state index >= 15 is 0 Å². The zero-order valence-corrected chi connectivity index (χ0v) is 10.4. The minimum Gasteiger partial charge on any atom is -0.450 e. The van der Waals surface area contributed by atoms with Gasteiger partial charge in [0, 0.05) is 0 Å². The molecule has 0 aromatic heterocycles. The average Bonchev–Trinajstić information content (AvgIpc) is 2.28. The largest absolute Gasteiger partial charge is 0.503 e. The zero-order valence-electron chi connectivity index (χ0n) is 10.4. The molecule has 0 atom stereocenters. The molecule has 0 unspecified atom stereocenters. The summed E-state index contributed by atoms with van der Waals surface area (Å²) < 4.78 is 0. The van der Waals surface area contributed by atoms with Gasteiger partial charge in [-0.1, -0.05) is 59.7 Å². The topological polar surface area (TPSA) is 57.5 Å². The van der Waals surface area contributed by atoms with E-state index in [9.17, 15) is 0 Å². The molecule has 0 aliphatic heterocycles. The predicted octanol–water partition coefficient (Wildman–Crippen LogP) is 4.19. The molecular weight excluding hydrogens is 228 g/mol. The molecule has 18 heavy (non-hydrogen) atoms. The summed E-state index contributed by atoms with van der Waals surface area (Å²) in [5.74, 6) is 0. The van der Waals surface area contributed by atoms with E-state index in [0.717, 1.165) is 0 Å². The van der Waals surface area contributed by atoms with Crippen LogP contribution in [0, 0.1) is 13.8 Å². The first kappa shape index (κ1) is 13.8. The Morgan fingerprint density at radius 2 is 1.28 bits per heavy atom. The van der Waals surface area contributed by atoms with Crippen LogP contribution in [0.2, 0.25) is 0 Å². The molecule has 0 heterocycles. The van der Waals surface area contributed by atoms with Crippen molar-refractivity contribution in [2.24, 2.45) is 0 Å². The first-order chi connectivity index (χ1) is 8.49. The normalized spacial score (nSPS) is 9.22. The first-order valence-corrected chi connectivity index (χ1v) is 5.54. The molecule has 94 valence electrons. The van der Waals surface area contributed by atoms with Crippen molar-refractivity contribution in [1.82, 2.24) is 0 Å². The van der Waals surface area contributed by atoms with E-state index in [2.05, 4.69) is 56.3 Å². The SMILES string of the molecule is Cc1cc(C)cc(-c2ccccc2)c1.O=C(O)O. The van der Waals surface area contributed by atoms with Crippen molar-refractivity contribution < 1.29 is 15.0 Å². The molecule has 2 rings (SSSR count). The van der Waals surface area contributed by atoms with E-state index in [1.165, 1.54) is 22.3 Å². The van der Waals surface area contributed by atoms with Crippen LogP contribution in [0.1, 0.15) is 11.1 Å². The molecule has 2 aromatic carbocycles. The lowest BCUT2D eigenvalue weighted by Gasteiger charge is -2.04. The third-order valence-electron chi connectivity index (χ3n) is 2.33. The van der Waals surface area contributed by atoms with E-state index in [4.69, 9.17) is 15.0 Å². The number of rotatable bonds is 1. The van der Waals surface area contributed by atoms with Gasteiger partial charge in [-0.15, -0.1) is 0 Å². The van der Waals surface area contributed by atoms with Crippen LogP contribution in [0.3, 0.4) is 0 Å². The van der Waals surface area contributed by atoms with Crippen molar-refractivity contribution >= 4 is 6.16 Å². The molecule has 0 amide bonds. The molecule has 0 fully saturated rings. The standard InChI is InChI=1S/C14H14.CH2O3/c1-11-8-12(2)10-14(9-11)13-6-4-3-5-7-13;2-1(3)4/h3-10H,1-2H3;(H2,2,3,4). The maximum atomic E-state index is 8.56. The third kappa shape index (κ3) is 4.70. The fraction of sp³-hybridized carbons (Fsp3) is 0.133. The maximum Gasteiger partial charge on any atom is 0.503 e. The third-order valence-corrected chi connectivity index (χ3v) is 2.33. The Hall–Kier alpha value is -2.29. The van der Waals surface area contributed by atoms with Crippen molar-refractivity contribution in [2.45, 2.75) is 13.8 Å². The Morgan fingerprint density at radius 1 is 0.833 bits per heavy atom. The van der Waals surface area contributed by atoms with E-state index in [1.807, 2.05) is 6.07 Å². The fourth-order valence-electron chi connectivity index (χ4n) is 1.77. The highest BCUT2D eigenvalue weighted by molar-refractivity contribution is 5.64. The van der Waals surface area contributed by atoms with Crippen molar-refractivity contribution in [1.29, 1.82) is 0 Å². The zero-order chi connectivity index (χ0) is 13.5. The molecular formula is C15H16O3. The van der Waals surface area contributed by atoms with Crippen LogP contribution in [0.5, 0.6) is 0 Å². The molecule has 0 saturated heterocycles. The van der Waals surface area contributed by atoms with Gasteiger partial charge < -0.3 is 10.2 Å². The van der Waals surface area contributed by atoms with Crippen molar-refractivity contribution in [3.8, 4) is 11.1 Å². The second-order valence-corrected chi connectivity index (χ2v) is 4.02. The summed E-state index contributed by atoms with van der Waals surface area (Å²) in [6.45, 7) is 4.28. The smallest absolute Gasteiger partial charge is 0.450 e. The highest BCUT2D eigenvalue weighted by Gasteiger charge is 1.97. The minimum absolute atomic E-state index is 1.29. The second-order valence-electron chi connectivity index (χ2n) is 4.02. The average molecular weight is 244 g/mol. The highest BCUT2D eigenvalue weighted by atomic mass is 16.6.